The molecule has 0 radical (unpaired) electrons. The Bertz CT molecular complexity index is 577. The average molecular weight is 308 g/mol. The standard InChI is InChI=1S/C17H19F3N2/c1-22(2)15-10-8-14(9-11-15)16(17(18,19)20)21-12-13-6-4-3-5-7-13/h3-11,16,21H,12H2,1-2H3. The van der Waals surface area contributed by atoms with Crippen LogP contribution in [-0.2, 0) is 6.54 Å². The van der Waals surface area contributed by atoms with Crippen LogP contribution < -0.4 is 10.2 Å². The lowest BCUT2D eigenvalue weighted by molar-refractivity contribution is -0.158. The zero-order valence-corrected chi connectivity index (χ0v) is 12.6. The number of rotatable bonds is 5. The van der Waals surface area contributed by atoms with E-state index in [0.717, 1.165) is 11.3 Å². The number of anilines is 1. The van der Waals surface area contributed by atoms with Gasteiger partial charge < -0.3 is 4.90 Å². The molecule has 0 aromatic heterocycles. The summed E-state index contributed by atoms with van der Waals surface area (Å²) in [5, 5.41) is 2.60. The molecule has 0 spiro atoms. The van der Waals surface area contributed by atoms with Gasteiger partial charge in [-0.2, -0.15) is 13.2 Å². The van der Waals surface area contributed by atoms with Crippen molar-refractivity contribution in [2.45, 2.75) is 18.8 Å². The van der Waals surface area contributed by atoms with Crippen LogP contribution in [0.2, 0.25) is 0 Å². The molecule has 22 heavy (non-hydrogen) atoms. The van der Waals surface area contributed by atoms with Crippen LogP contribution in [0.3, 0.4) is 0 Å². The Morgan fingerprint density at radius 2 is 1.55 bits per heavy atom. The predicted molar refractivity (Wildman–Crippen MR) is 82.8 cm³/mol. The summed E-state index contributed by atoms with van der Waals surface area (Å²) in [6, 6.07) is 13.8. The molecule has 0 aliphatic heterocycles. The van der Waals surface area contributed by atoms with E-state index in [4.69, 9.17) is 0 Å². The Labute approximate surface area is 128 Å². The lowest BCUT2D eigenvalue weighted by atomic mass is 10.1. The van der Waals surface area contributed by atoms with Gasteiger partial charge in [0.05, 0.1) is 0 Å². The van der Waals surface area contributed by atoms with E-state index in [1.54, 1.807) is 24.3 Å². The summed E-state index contributed by atoms with van der Waals surface area (Å²) in [5.41, 5.74) is 1.91. The first-order chi connectivity index (χ1) is 10.4. The van der Waals surface area contributed by atoms with E-state index in [0.29, 0.717) is 0 Å². The van der Waals surface area contributed by atoms with Crippen LogP contribution in [0.15, 0.2) is 54.6 Å². The van der Waals surface area contributed by atoms with Crippen LogP contribution in [-0.4, -0.2) is 20.3 Å². The maximum atomic E-state index is 13.3. The summed E-state index contributed by atoms with van der Waals surface area (Å²) in [4.78, 5) is 1.85. The minimum atomic E-state index is -4.34. The summed E-state index contributed by atoms with van der Waals surface area (Å²) in [6.07, 6.45) is -4.34. The lowest BCUT2D eigenvalue weighted by Crippen LogP contribution is -2.33. The van der Waals surface area contributed by atoms with Crippen molar-refractivity contribution in [2.24, 2.45) is 0 Å². The Kier molecular flexibility index (Phi) is 5.08. The van der Waals surface area contributed by atoms with Gasteiger partial charge in [0, 0.05) is 26.3 Å². The Morgan fingerprint density at radius 3 is 2.05 bits per heavy atom. The molecule has 0 saturated heterocycles. The largest absolute Gasteiger partial charge is 0.407 e. The molecule has 2 aromatic rings. The van der Waals surface area contributed by atoms with Crippen molar-refractivity contribution < 1.29 is 13.2 Å². The number of halogens is 3. The maximum Gasteiger partial charge on any atom is 0.407 e. The quantitative estimate of drug-likeness (QED) is 0.893. The molecular formula is C17H19F3N2. The van der Waals surface area contributed by atoms with E-state index in [9.17, 15) is 13.2 Å². The molecule has 0 amide bonds. The molecule has 0 bridgehead atoms. The highest BCUT2D eigenvalue weighted by Gasteiger charge is 2.40. The van der Waals surface area contributed by atoms with Crippen LogP contribution in [0.1, 0.15) is 17.2 Å². The molecule has 1 unspecified atom stereocenters. The monoisotopic (exact) mass is 308 g/mol. The summed E-state index contributed by atoms with van der Waals surface area (Å²) < 4.78 is 39.9. The lowest BCUT2D eigenvalue weighted by Gasteiger charge is -2.23. The topological polar surface area (TPSA) is 15.3 Å². The molecule has 0 saturated carbocycles. The van der Waals surface area contributed by atoms with E-state index < -0.39 is 12.2 Å². The molecule has 0 fully saturated rings. The molecule has 118 valence electrons. The third kappa shape index (κ3) is 4.24. The van der Waals surface area contributed by atoms with Gasteiger partial charge in [0.2, 0.25) is 0 Å². The van der Waals surface area contributed by atoms with Crippen molar-refractivity contribution in [3.63, 3.8) is 0 Å². The van der Waals surface area contributed by atoms with Gasteiger partial charge in [-0.15, -0.1) is 0 Å². The smallest absolute Gasteiger partial charge is 0.378 e. The van der Waals surface area contributed by atoms with Gasteiger partial charge in [0.15, 0.2) is 0 Å². The molecule has 0 aliphatic rings. The van der Waals surface area contributed by atoms with E-state index >= 15 is 0 Å². The van der Waals surface area contributed by atoms with Crippen LogP contribution in [0, 0.1) is 0 Å². The fraction of sp³-hybridized carbons (Fsp3) is 0.294. The van der Waals surface area contributed by atoms with Crippen molar-refractivity contribution in [2.75, 3.05) is 19.0 Å². The number of hydrogen-bond donors (Lipinski definition) is 1. The molecule has 2 rings (SSSR count). The minimum absolute atomic E-state index is 0.167. The molecule has 1 N–H and O–H groups in total. The number of benzene rings is 2. The molecule has 1 atom stereocenters. The van der Waals surface area contributed by atoms with Gasteiger partial charge in [-0.05, 0) is 23.3 Å². The van der Waals surface area contributed by atoms with E-state index in [2.05, 4.69) is 5.32 Å². The molecule has 5 heteroatoms. The third-order valence-electron chi connectivity index (χ3n) is 3.42. The van der Waals surface area contributed by atoms with Gasteiger partial charge in [-0.3, -0.25) is 5.32 Å². The SMILES string of the molecule is CN(C)c1ccc(C(NCc2ccccc2)C(F)(F)F)cc1. The zero-order valence-electron chi connectivity index (χ0n) is 12.6. The van der Waals surface area contributed by atoms with Gasteiger partial charge in [-0.1, -0.05) is 42.5 Å². The summed E-state index contributed by atoms with van der Waals surface area (Å²) in [5.74, 6) is 0. The number of nitrogens with one attached hydrogen (secondary N) is 1. The van der Waals surface area contributed by atoms with E-state index in [-0.39, 0.29) is 12.1 Å². The molecule has 2 aromatic carbocycles. The Morgan fingerprint density at radius 1 is 0.955 bits per heavy atom. The minimum Gasteiger partial charge on any atom is -0.378 e. The number of nitrogens with zero attached hydrogens (tertiary/aromatic N) is 1. The van der Waals surface area contributed by atoms with E-state index in [1.807, 2.05) is 37.2 Å². The Balaban J connectivity index is 2.16. The fourth-order valence-corrected chi connectivity index (χ4v) is 2.20. The highest BCUT2D eigenvalue weighted by atomic mass is 19.4. The average Bonchev–Trinajstić information content (AvgIpc) is 2.47. The first kappa shape index (κ1) is 16.4. The number of hydrogen-bond acceptors (Lipinski definition) is 2. The molecule has 0 heterocycles. The first-order valence-electron chi connectivity index (χ1n) is 6.99. The van der Waals surface area contributed by atoms with Gasteiger partial charge in [-0.25, -0.2) is 0 Å². The van der Waals surface area contributed by atoms with Crippen molar-refractivity contribution in [1.82, 2.24) is 5.32 Å². The second-order valence-electron chi connectivity index (χ2n) is 5.33. The molecular weight excluding hydrogens is 289 g/mol. The first-order valence-corrected chi connectivity index (χ1v) is 6.99. The van der Waals surface area contributed by atoms with Crippen LogP contribution in [0.25, 0.3) is 0 Å². The Hall–Kier alpha value is -2.01. The summed E-state index contributed by atoms with van der Waals surface area (Å²) in [6.45, 7) is 0.167. The zero-order chi connectivity index (χ0) is 16.2. The van der Waals surface area contributed by atoms with Crippen molar-refractivity contribution in [3.8, 4) is 0 Å². The number of alkyl halides is 3. The molecule has 2 nitrogen and oxygen atoms in total. The normalized spacial score (nSPS) is 13.0. The van der Waals surface area contributed by atoms with Crippen molar-refractivity contribution in [3.05, 3.63) is 65.7 Å². The predicted octanol–water partition coefficient (Wildman–Crippen LogP) is 4.15. The van der Waals surface area contributed by atoms with Gasteiger partial charge in [0.25, 0.3) is 0 Å². The van der Waals surface area contributed by atoms with E-state index in [1.165, 1.54) is 12.1 Å². The maximum absolute atomic E-state index is 13.3. The third-order valence-corrected chi connectivity index (χ3v) is 3.42. The fourth-order valence-electron chi connectivity index (χ4n) is 2.20. The van der Waals surface area contributed by atoms with Crippen molar-refractivity contribution >= 4 is 5.69 Å². The summed E-state index contributed by atoms with van der Waals surface area (Å²) >= 11 is 0. The molecule has 0 aliphatic carbocycles. The highest BCUT2D eigenvalue weighted by Crippen LogP contribution is 2.33. The van der Waals surface area contributed by atoms with Crippen LogP contribution in [0.5, 0.6) is 0 Å². The van der Waals surface area contributed by atoms with Crippen molar-refractivity contribution in [1.29, 1.82) is 0 Å². The second kappa shape index (κ2) is 6.83. The van der Waals surface area contributed by atoms with Gasteiger partial charge >= 0.3 is 6.18 Å². The van der Waals surface area contributed by atoms with Gasteiger partial charge in [0.1, 0.15) is 6.04 Å². The van der Waals surface area contributed by atoms with Crippen LogP contribution in [0.4, 0.5) is 18.9 Å². The summed E-state index contributed by atoms with van der Waals surface area (Å²) in [7, 11) is 3.70. The highest BCUT2D eigenvalue weighted by molar-refractivity contribution is 5.46. The second-order valence-corrected chi connectivity index (χ2v) is 5.33. The van der Waals surface area contributed by atoms with Crippen LogP contribution >= 0.6 is 0 Å².